The van der Waals surface area contributed by atoms with Gasteiger partial charge in [0.15, 0.2) is 0 Å². The number of anilines is 1. The molecule has 0 radical (unpaired) electrons. The number of nitrogens with one attached hydrogen (secondary N) is 2. The van der Waals surface area contributed by atoms with Crippen molar-refractivity contribution in [3.8, 4) is 5.75 Å². The summed E-state index contributed by atoms with van der Waals surface area (Å²) >= 11 is 1.88. The standard InChI is InChI=1S/C25H26N2O2S/c1-17-12-13-22(29-2)21(16-17)27-25(28)24(18-8-4-3-5-9-18)26-20-14-15-30-23-11-7-6-10-19(20)23/h3-13,16,20,24,26H,14-15H2,1-2H3,(H,27,28)/t20-,24-/m0/s1. The highest BCUT2D eigenvalue weighted by molar-refractivity contribution is 7.99. The Labute approximate surface area is 182 Å². The molecule has 4 rings (SSSR count). The number of benzene rings is 3. The summed E-state index contributed by atoms with van der Waals surface area (Å²) in [5, 5.41) is 6.72. The number of carbonyl (C=O) groups is 1. The fourth-order valence-electron chi connectivity index (χ4n) is 3.81. The molecule has 0 unspecified atom stereocenters. The molecule has 0 fully saturated rings. The van der Waals surface area contributed by atoms with Crippen LogP contribution in [-0.4, -0.2) is 18.8 Å². The van der Waals surface area contributed by atoms with Gasteiger partial charge in [0.05, 0.1) is 12.8 Å². The summed E-state index contributed by atoms with van der Waals surface area (Å²) in [5.74, 6) is 1.59. The van der Waals surface area contributed by atoms with Crippen LogP contribution < -0.4 is 15.4 Å². The lowest BCUT2D eigenvalue weighted by Crippen LogP contribution is -2.36. The summed E-state index contributed by atoms with van der Waals surface area (Å²) in [4.78, 5) is 14.7. The molecule has 0 saturated heterocycles. The van der Waals surface area contributed by atoms with Crippen LogP contribution in [0.25, 0.3) is 0 Å². The van der Waals surface area contributed by atoms with Gasteiger partial charge < -0.3 is 10.1 Å². The average Bonchev–Trinajstić information content (AvgIpc) is 2.78. The van der Waals surface area contributed by atoms with Crippen molar-refractivity contribution in [2.24, 2.45) is 0 Å². The van der Waals surface area contributed by atoms with Gasteiger partial charge in [0, 0.05) is 10.9 Å². The fraction of sp³-hybridized carbons (Fsp3) is 0.240. The summed E-state index contributed by atoms with van der Waals surface area (Å²) in [6, 6.07) is 23.8. The van der Waals surface area contributed by atoms with Gasteiger partial charge in [-0.3, -0.25) is 10.1 Å². The van der Waals surface area contributed by atoms with Crippen LogP contribution in [0.15, 0.2) is 77.7 Å². The summed E-state index contributed by atoms with van der Waals surface area (Å²) in [5.41, 5.74) is 3.95. The Kier molecular flexibility index (Phi) is 6.41. The molecule has 0 aliphatic carbocycles. The van der Waals surface area contributed by atoms with Crippen molar-refractivity contribution < 1.29 is 9.53 Å². The van der Waals surface area contributed by atoms with Crippen molar-refractivity contribution in [1.29, 1.82) is 0 Å². The molecule has 4 nitrogen and oxygen atoms in total. The number of methoxy groups -OCH3 is 1. The molecule has 2 N–H and O–H groups in total. The van der Waals surface area contributed by atoms with Gasteiger partial charge in [-0.1, -0.05) is 54.6 Å². The minimum absolute atomic E-state index is 0.0965. The maximum Gasteiger partial charge on any atom is 0.246 e. The van der Waals surface area contributed by atoms with Crippen LogP contribution in [0.3, 0.4) is 0 Å². The average molecular weight is 419 g/mol. The van der Waals surface area contributed by atoms with Crippen LogP contribution in [0.2, 0.25) is 0 Å². The van der Waals surface area contributed by atoms with Gasteiger partial charge in [0.25, 0.3) is 0 Å². The van der Waals surface area contributed by atoms with E-state index in [0.717, 1.165) is 23.3 Å². The predicted octanol–water partition coefficient (Wildman–Crippen LogP) is 5.51. The molecule has 30 heavy (non-hydrogen) atoms. The number of carbonyl (C=O) groups excluding carboxylic acids is 1. The Hall–Kier alpha value is -2.76. The summed E-state index contributed by atoms with van der Waals surface area (Å²) in [6.07, 6.45) is 0.978. The molecule has 0 saturated carbocycles. The third kappa shape index (κ3) is 4.53. The maximum atomic E-state index is 13.4. The Morgan fingerprint density at radius 3 is 2.63 bits per heavy atom. The first-order chi connectivity index (χ1) is 14.7. The van der Waals surface area contributed by atoms with E-state index in [1.165, 1.54) is 10.5 Å². The van der Waals surface area contributed by atoms with E-state index in [4.69, 9.17) is 4.74 Å². The molecular formula is C25H26N2O2S. The molecule has 5 heteroatoms. The summed E-state index contributed by atoms with van der Waals surface area (Å²) in [7, 11) is 1.61. The molecule has 0 aromatic heterocycles. The molecule has 0 spiro atoms. The number of aryl methyl sites for hydroxylation is 1. The molecule has 1 aliphatic rings. The lowest BCUT2D eigenvalue weighted by Gasteiger charge is -2.30. The van der Waals surface area contributed by atoms with Gasteiger partial charge in [0.2, 0.25) is 5.91 Å². The predicted molar refractivity (Wildman–Crippen MR) is 123 cm³/mol. The minimum atomic E-state index is -0.474. The molecule has 3 aromatic rings. The van der Waals surface area contributed by atoms with Gasteiger partial charge in [0.1, 0.15) is 11.8 Å². The van der Waals surface area contributed by atoms with Crippen LogP contribution in [-0.2, 0) is 4.79 Å². The summed E-state index contributed by atoms with van der Waals surface area (Å²) in [6.45, 7) is 2.00. The van der Waals surface area contributed by atoms with E-state index in [-0.39, 0.29) is 11.9 Å². The van der Waals surface area contributed by atoms with Crippen LogP contribution in [0.5, 0.6) is 5.75 Å². The number of thioether (sulfide) groups is 1. The van der Waals surface area contributed by atoms with Crippen LogP contribution in [0.4, 0.5) is 5.69 Å². The molecule has 0 bridgehead atoms. The van der Waals surface area contributed by atoms with Crippen molar-refractivity contribution in [1.82, 2.24) is 5.32 Å². The second-order valence-corrected chi connectivity index (χ2v) is 8.57. The molecule has 2 atom stereocenters. The number of rotatable bonds is 6. The van der Waals surface area contributed by atoms with E-state index in [2.05, 4.69) is 34.9 Å². The number of ether oxygens (including phenoxy) is 1. The van der Waals surface area contributed by atoms with E-state index >= 15 is 0 Å². The van der Waals surface area contributed by atoms with E-state index in [9.17, 15) is 4.79 Å². The number of amides is 1. The lowest BCUT2D eigenvalue weighted by atomic mass is 9.99. The molecule has 154 valence electrons. The quantitative estimate of drug-likeness (QED) is 0.554. The molecular weight excluding hydrogens is 392 g/mol. The largest absolute Gasteiger partial charge is 0.495 e. The van der Waals surface area contributed by atoms with Gasteiger partial charge in [-0.05, 0) is 54.0 Å². The Balaban J connectivity index is 1.63. The molecule has 3 aromatic carbocycles. The van der Waals surface area contributed by atoms with E-state index in [1.807, 2.05) is 67.2 Å². The van der Waals surface area contributed by atoms with Crippen molar-refractivity contribution in [2.45, 2.75) is 30.3 Å². The highest BCUT2D eigenvalue weighted by Crippen LogP contribution is 2.37. The highest BCUT2D eigenvalue weighted by Gasteiger charge is 2.28. The van der Waals surface area contributed by atoms with E-state index < -0.39 is 6.04 Å². The third-order valence-corrected chi connectivity index (χ3v) is 6.46. The topological polar surface area (TPSA) is 50.4 Å². The number of hydrogen-bond donors (Lipinski definition) is 2. The SMILES string of the molecule is COc1ccc(C)cc1NC(=O)[C@@H](N[C@H]1CCSc2ccccc21)c1ccccc1. The van der Waals surface area contributed by atoms with Crippen molar-refractivity contribution in [2.75, 3.05) is 18.2 Å². The normalized spacial score (nSPS) is 16.4. The lowest BCUT2D eigenvalue weighted by molar-refractivity contribution is -0.118. The first kappa shape index (κ1) is 20.5. The first-order valence-electron chi connectivity index (χ1n) is 10.1. The van der Waals surface area contributed by atoms with E-state index in [0.29, 0.717) is 11.4 Å². The van der Waals surface area contributed by atoms with Crippen molar-refractivity contribution in [3.05, 3.63) is 89.5 Å². The number of hydrogen-bond acceptors (Lipinski definition) is 4. The van der Waals surface area contributed by atoms with Crippen molar-refractivity contribution in [3.63, 3.8) is 0 Å². The zero-order valence-electron chi connectivity index (χ0n) is 17.2. The monoisotopic (exact) mass is 418 g/mol. The van der Waals surface area contributed by atoms with Gasteiger partial charge in [-0.2, -0.15) is 0 Å². The van der Waals surface area contributed by atoms with Crippen molar-refractivity contribution >= 4 is 23.4 Å². The molecule has 1 amide bonds. The highest BCUT2D eigenvalue weighted by atomic mass is 32.2. The third-order valence-electron chi connectivity index (χ3n) is 5.33. The Morgan fingerprint density at radius 2 is 1.83 bits per heavy atom. The minimum Gasteiger partial charge on any atom is -0.495 e. The van der Waals surface area contributed by atoms with Gasteiger partial charge in [-0.25, -0.2) is 0 Å². The zero-order chi connectivity index (χ0) is 20.9. The molecule has 1 heterocycles. The van der Waals surface area contributed by atoms with Crippen LogP contribution >= 0.6 is 11.8 Å². The second-order valence-electron chi connectivity index (χ2n) is 7.43. The maximum absolute atomic E-state index is 13.4. The fourth-order valence-corrected chi connectivity index (χ4v) is 4.93. The second kappa shape index (κ2) is 9.37. The Bertz CT molecular complexity index is 1020. The molecule has 1 aliphatic heterocycles. The van der Waals surface area contributed by atoms with Crippen LogP contribution in [0.1, 0.15) is 35.2 Å². The smallest absolute Gasteiger partial charge is 0.246 e. The van der Waals surface area contributed by atoms with Gasteiger partial charge in [-0.15, -0.1) is 11.8 Å². The zero-order valence-corrected chi connectivity index (χ0v) is 18.0. The van der Waals surface area contributed by atoms with Gasteiger partial charge >= 0.3 is 0 Å². The summed E-state index contributed by atoms with van der Waals surface area (Å²) < 4.78 is 5.45. The first-order valence-corrected chi connectivity index (χ1v) is 11.1. The number of fused-ring (bicyclic) bond motifs is 1. The Morgan fingerprint density at radius 1 is 1.07 bits per heavy atom. The van der Waals surface area contributed by atoms with E-state index in [1.54, 1.807) is 7.11 Å². The van der Waals surface area contributed by atoms with Crippen LogP contribution in [0, 0.1) is 6.92 Å².